The van der Waals surface area contributed by atoms with Crippen molar-refractivity contribution in [3.63, 3.8) is 0 Å². The Morgan fingerprint density at radius 1 is 1.33 bits per heavy atom. The molecule has 0 saturated carbocycles. The van der Waals surface area contributed by atoms with Crippen molar-refractivity contribution in [3.8, 4) is 0 Å². The third kappa shape index (κ3) is 3.83. The van der Waals surface area contributed by atoms with Crippen LogP contribution in [0.3, 0.4) is 0 Å². The zero-order valence-corrected chi connectivity index (χ0v) is 15.0. The van der Waals surface area contributed by atoms with E-state index in [4.69, 9.17) is 4.74 Å². The second kappa shape index (κ2) is 7.42. The fourth-order valence-corrected chi connectivity index (χ4v) is 3.45. The van der Waals surface area contributed by atoms with E-state index in [-0.39, 0.29) is 16.7 Å². The average molecular weight is 391 g/mol. The number of rotatable bonds is 4. The summed E-state index contributed by atoms with van der Waals surface area (Å²) in [7, 11) is 0. The van der Waals surface area contributed by atoms with Crippen molar-refractivity contribution in [2.45, 2.75) is 19.6 Å². The lowest BCUT2D eigenvalue weighted by Crippen LogP contribution is -2.38. The van der Waals surface area contributed by atoms with Gasteiger partial charge in [0, 0.05) is 35.7 Å². The molecule has 5 nitrogen and oxygen atoms in total. The Hall–Kier alpha value is -1.76. The summed E-state index contributed by atoms with van der Waals surface area (Å²) in [6.07, 6.45) is 0.0234. The van der Waals surface area contributed by atoms with Crippen molar-refractivity contribution in [1.29, 1.82) is 0 Å². The first-order valence-corrected chi connectivity index (χ1v) is 8.66. The first-order chi connectivity index (χ1) is 11.5. The van der Waals surface area contributed by atoms with Gasteiger partial charge in [0.2, 0.25) is 0 Å². The van der Waals surface area contributed by atoms with Crippen LogP contribution in [0.4, 0.5) is 5.69 Å². The highest BCUT2D eigenvalue weighted by Gasteiger charge is 2.23. The summed E-state index contributed by atoms with van der Waals surface area (Å²) < 4.78 is 6.95. The standard InChI is InChI=1S/C18H19BrN2O3/c1-13-15(5-3-7-17(13)21(22)23)11-20-8-9-24-18(12-20)14-4-2-6-16(19)10-14/h2-7,10,18H,8-9,11-12H2,1H3. The van der Waals surface area contributed by atoms with Gasteiger partial charge in [0.1, 0.15) is 0 Å². The van der Waals surface area contributed by atoms with Gasteiger partial charge >= 0.3 is 0 Å². The van der Waals surface area contributed by atoms with Crippen molar-refractivity contribution in [3.05, 3.63) is 73.7 Å². The van der Waals surface area contributed by atoms with Crippen molar-refractivity contribution < 1.29 is 9.66 Å². The maximum absolute atomic E-state index is 11.1. The number of ether oxygens (including phenoxy) is 1. The molecule has 2 aromatic carbocycles. The van der Waals surface area contributed by atoms with Gasteiger partial charge < -0.3 is 4.74 Å². The molecule has 1 aliphatic heterocycles. The Morgan fingerprint density at radius 2 is 2.12 bits per heavy atom. The van der Waals surface area contributed by atoms with Crippen LogP contribution in [0.5, 0.6) is 0 Å². The van der Waals surface area contributed by atoms with Gasteiger partial charge in [-0.05, 0) is 30.2 Å². The molecular weight excluding hydrogens is 372 g/mol. The summed E-state index contributed by atoms with van der Waals surface area (Å²) >= 11 is 3.50. The van der Waals surface area contributed by atoms with E-state index in [2.05, 4.69) is 33.0 Å². The zero-order valence-electron chi connectivity index (χ0n) is 13.4. The van der Waals surface area contributed by atoms with E-state index in [0.717, 1.165) is 34.3 Å². The van der Waals surface area contributed by atoms with Gasteiger partial charge in [-0.15, -0.1) is 0 Å². The summed E-state index contributed by atoms with van der Waals surface area (Å²) in [4.78, 5) is 13.1. The van der Waals surface area contributed by atoms with E-state index in [1.165, 1.54) is 0 Å². The minimum atomic E-state index is -0.317. The van der Waals surface area contributed by atoms with Crippen LogP contribution in [0.15, 0.2) is 46.9 Å². The average Bonchev–Trinajstić information content (AvgIpc) is 2.57. The molecule has 6 heteroatoms. The molecule has 0 N–H and O–H groups in total. The van der Waals surface area contributed by atoms with Gasteiger partial charge in [0.15, 0.2) is 0 Å². The predicted molar refractivity (Wildman–Crippen MR) is 95.9 cm³/mol. The van der Waals surface area contributed by atoms with Gasteiger partial charge in [-0.3, -0.25) is 15.0 Å². The number of morpholine rings is 1. The van der Waals surface area contributed by atoms with Gasteiger partial charge in [-0.2, -0.15) is 0 Å². The van der Waals surface area contributed by atoms with E-state index < -0.39 is 0 Å². The van der Waals surface area contributed by atoms with E-state index in [9.17, 15) is 10.1 Å². The number of hydrogen-bond acceptors (Lipinski definition) is 4. The maximum atomic E-state index is 11.1. The maximum Gasteiger partial charge on any atom is 0.272 e. The van der Waals surface area contributed by atoms with Gasteiger partial charge in [0.25, 0.3) is 5.69 Å². The van der Waals surface area contributed by atoms with Crippen molar-refractivity contribution in [2.24, 2.45) is 0 Å². The fourth-order valence-electron chi connectivity index (χ4n) is 3.03. The topological polar surface area (TPSA) is 55.6 Å². The highest BCUT2D eigenvalue weighted by molar-refractivity contribution is 9.10. The van der Waals surface area contributed by atoms with E-state index in [1.54, 1.807) is 12.1 Å². The molecule has 1 atom stereocenters. The number of hydrogen-bond donors (Lipinski definition) is 0. The molecule has 1 heterocycles. The Bertz CT molecular complexity index is 751. The smallest absolute Gasteiger partial charge is 0.272 e. The van der Waals surface area contributed by atoms with Crippen LogP contribution >= 0.6 is 15.9 Å². The SMILES string of the molecule is Cc1c(CN2CCOC(c3cccc(Br)c3)C2)cccc1[N+](=O)[O-]. The molecule has 0 radical (unpaired) electrons. The number of halogens is 1. The minimum absolute atomic E-state index is 0.0234. The number of nitro benzene ring substituents is 1. The summed E-state index contributed by atoms with van der Waals surface area (Å²) in [6, 6.07) is 13.4. The largest absolute Gasteiger partial charge is 0.371 e. The van der Waals surface area contributed by atoms with Crippen LogP contribution in [0.25, 0.3) is 0 Å². The van der Waals surface area contributed by atoms with Crippen molar-refractivity contribution in [2.75, 3.05) is 19.7 Å². The number of nitro groups is 1. The van der Waals surface area contributed by atoms with Gasteiger partial charge in [-0.25, -0.2) is 0 Å². The van der Waals surface area contributed by atoms with Crippen molar-refractivity contribution in [1.82, 2.24) is 4.90 Å². The first-order valence-electron chi connectivity index (χ1n) is 7.87. The monoisotopic (exact) mass is 390 g/mol. The molecule has 2 aromatic rings. The third-order valence-electron chi connectivity index (χ3n) is 4.38. The van der Waals surface area contributed by atoms with E-state index >= 15 is 0 Å². The first kappa shape index (κ1) is 17.1. The lowest BCUT2D eigenvalue weighted by molar-refractivity contribution is -0.385. The molecule has 24 heavy (non-hydrogen) atoms. The normalized spacial score (nSPS) is 18.5. The highest BCUT2D eigenvalue weighted by Crippen LogP contribution is 2.27. The molecule has 3 rings (SSSR count). The predicted octanol–water partition coefficient (Wildman–Crippen LogP) is 4.24. The van der Waals surface area contributed by atoms with Crippen LogP contribution in [-0.2, 0) is 11.3 Å². The summed E-state index contributed by atoms with van der Waals surface area (Å²) in [5, 5.41) is 11.1. The molecular formula is C18H19BrN2O3. The van der Waals surface area contributed by atoms with Gasteiger partial charge in [0.05, 0.1) is 17.6 Å². The Balaban J connectivity index is 1.74. The Morgan fingerprint density at radius 3 is 2.88 bits per heavy atom. The number of nitrogens with zero attached hydrogens (tertiary/aromatic N) is 2. The lowest BCUT2D eigenvalue weighted by atomic mass is 10.0. The minimum Gasteiger partial charge on any atom is -0.371 e. The van der Waals surface area contributed by atoms with E-state index in [1.807, 2.05) is 25.1 Å². The van der Waals surface area contributed by atoms with Crippen LogP contribution in [0.2, 0.25) is 0 Å². The van der Waals surface area contributed by atoms with Crippen LogP contribution < -0.4 is 0 Å². The Kier molecular flexibility index (Phi) is 5.28. The zero-order chi connectivity index (χ0) is 17.1. The quantitative estimate of drug-likeness (QED) is 0.578. The fraction of sp³-hybridized carbons (Fsp3) is 0.333. The molecule has 0 bridgehead atoms. The Labute approximate surface area is 149 Å². The molecule has 0 amide bonds. The van der Waals surface area contributed by atoms with Crippen LogP contribution in [-0.4, -0.2) is 29.5 Å². The summed E-state index contributed by atoms with van der Waals surface area (Å²) in [5.41, 5.74) is 3.07. The molecule has 0 aliphatic carbocycles. The molecule has 1 aliphatic rings. The second-order valence-corrected chi connectivity index (χ2v) is 6.88. The molecule has 1 unspecified atom stereocenters. The van der Waals surface area contributed by atoms with E-state index in [0.29, 0.717) is 13.2 Å². The molecule has 1 saturated heterocycles. The molecule has 0 spiro atoms. The molecule has 0 aromatic heterocycles. The number of benzene rings is 2. The summed E-state index contributed by atoms with van der Waals surface area (Å²) in [6.45, 7) is 4.78. The molecule has 126 valence electrons. The molecule has 1 fully saturated rings. The lowest BCUT2D eigenvalue weighted by Gasteiger charge is -2.33. The van der Waals surface area contributed by atoms with Crippen molar-refractivity contribution >= 4 is 21.6 Å². The van der Waals surface area contributed by atoms with Gasteiger partial charge in [-0.1, -0.05) is 40.2 Å². The van der Waals surface area contributed by atoms with Crippen LogP contribution in [0, 0.1) is 17.0 Å². The second-order valence-electron chi connectivity index (χ2n) is 5.97. The third-order valence-corrected chi connectivity index (χ3v) is 4.87. The summed E-state index contributed by atoms with van der Waals surface area (Å²) in [5.74, 6) is 0. The highest BCUT2D eigenvalue weighted by atomic mass is 79.9. The van der Waals surface area contributed by atoms with Crippen LogP contribution in [0.1, 0.15) is 22.8 Å².